The fourth-order valence-corrected chi connectivity index (χ4v) is 3.17. The van der Waals surface area contributed by atoms with Gasteiger partial charge in [-0.1, -0.05) is 12.1 Å². The van der Waals surface area contributed by atoms with E-state index < -0.39 is 6.10 Å². The van der Waals surface area contributed by atoms with E-state index in [0.29, 0.717) is 11.1 Å². The highest BCUT2D eigenvalue weighted by Crippen LogP contribution is 2.36. The molecule has 2 rings (SSSR count). The van der Waals surface area contributed by atoms with Crippen molar-refractivity contribution >= 4 is 11.8 Å². The van der Waals surface area contributed by atoms with Crippen LogP contribution < -0.4 is 0 Å². The first kappa shape index (κ1) is 11.0. The topological polar surface area (TPSA) is 20.2 Å². The number of hydrogen-bond donors (Lipinski definition) is 1. The van der Waals surface area contributed by atoms with E-state index in [9.17, 15) is 9.50 Å². The van der Waals surface area contributed by atoms with E-state index in [1.165, 1.54) is 6.07 Å². The predicted octanol–water partition coefficient (Wildman–Crippen LogP) is 3.06. The number of aliphatic hydroxyl groups excluding tert-OH is 1. The Kier molecular flexibility index (Phi) is 3.32. The van der Waals surface area contributed by atoms with E-state index >= 15 is 0 Å². The van der Waals surface area contributed by atoms with Gasteiger partial charge >= 0.3 is 0 Å². The minimum Gasteiger partial charge on any atom is -0.387 e. The van der Waals surface area contributed by atoms with Crippen molar-refractivity contribution in [2.75, 3.05) is 5.75 Å². The van der Waals surface area contributed by atoms with Crippen molar-refractivity contribution in [1.82, 2.24) is 0 Å². The highest BCUT2D eigenvalue weighted by Gasteiger charge is 2.25. The van der Waals surface area contributed by atoms with Crippen LogP contribution in [0.5, 0.6) is 0 Å². The SMILES string of the molecule is Cc1ccc(C(O)C2CCCS2)cc1F. The average molecular weight is 226 g/mol. The number of hydrogen-bond acceptors (Lipinski definition) is 2. The zero-order valence-electron chi connectivity index (χ0n) is 8.74. The maximum absolute atomic E-state index is 13.3. The predicted molar refractivity (Wildman–Crippen MR) is 61.6 cm³/mol. The van der Waals surface area contributed by atoms with Crippen LogP contribution in [0.4, 0.5) is 4.39 Å². The van der Waals surface area contributed by atoms with E-state index in [1.807, 2.05) is 6.07 Å². The molecular formula is C12H15FOS. The Morgan fingerprint density at radius 1 is 1.53 bits per heavy atom. The monoisotopic (exact) mass is 226 g/mol. The highest BCUT2D eigenvalue weighted by molar-refractivity contribution is 8.00. The Bertz CT molecular complexity index is 347. The number of benzene rings is 1. The number of thioether (sulfide) groups is 1. The second-order valence-corrected chi connectivity index (χ2v) is 5.35. The highest BCUT2D eigenvalue weighted by atomic mass is 32.2. The van der Waals surface area contributed by atoms with Gasteiger partial charge in [-0.25, -0.2) is 4.39 Å². The van der Waals surface area contributed by atoms with Crippen molar-refractivity contribution < 1.29 is 9.50 Å². The van der Waals surface area contributed by atoms with Crippen molar-refractivity contribution in [3.63, 3.8) is 0 Å². The zero-order valence-corrected chi connectivity index (χ0v) is 9.56. The third-order valence-corrected chi connectivity index (χ3v) is 4.30. The van der Waals surface area contributed by atoms with Crippen molar-refractivity contribution in [2.24, 2.45) is 0 Å². The van der Waals surface area contributed by atoms with E-state index in [2.05, 4.69) is 0 Å². The molecule has 1 saturated heterocycles. The lowest BCUT2D eigenvalue weighted by Crippen LogP contribution is -2.12. The lowest BCUT2D eigenvalue weighted by Gasteiger charge is -2.17. The third kappa shape index (κ3) is 2.34. The first-order valence-electron chi connectivity index (χ1n) is 5.24. The molecule has 0 saturated carbocycles. The Morgan fingerprint density at radius 2 is 2.33 bits per heavy atom. The van der Waals surface area contributed by atoms with Gasteiger partial charge in [-0.15, -0.1) is 0 Å². The van der Waals surface area contributed by atoms with Crippen LogP contribution in [0, 0.1) is 12.7 Å². The second kappa shape index (κ2) is 4.54. The summed E-state index contributed by atoms with van der Waals surface area (Å²) < 4.78 is 13.3. The van der Waals surface area contributed by atoms with Gasteiger partial charge in [-0.2, -0.15) is 11.8 Å². The molecule has 1 heterocycles. The molecule has 0 bridgehead atoms. The van der Waals surface area contributed by atoms with Gasteiger partial charge in [0, 0.05) is 5.25 Å². The van der Waals surface area contributed by atoms with E-state index in [0.717, 1.165) is 18.6 Å². The van der Waals surface area contributed by atoms with Crippen LogP contribution >= 0.6 is 11.8 Å². The van der Waals surface area contributed by atoms with E-state index in [-0.39, 0.29) is 11.1 Å². The fraction of sp³-hybridized carbons (Fsp3) is 0.500. The summed E-state index contributed by atoms with van der Waals surface area (Å²) in [6.07, 6.45) is 1.66. The normalized spacial score (nSPS) is 23.0. The number of aryl methyl sites for hydroxylation is 1. The molecule has 1 aromatic rings. The van der Waals surface area contributed by atoms with Crippen LogP contribution in [-0.2, 0) is 0 Å². The fourth-order valence-electron chi connectivity index (χ4n) is 1.86. The molecule has 1 aliphatic rings. The zero-order chi connectivity index (χ0) is 10.8. The molecule has 1 N–H and O–H groups in total. The van der Waals surface area contributed by atoms with Crippen LogP contribution in [-0.4, -0.2) is 16.1 Å². The van der Waals surface area contributed by atoms with Crippen LogP contribution in [0.25, 0.3) is 0 Å². The standard InChI is InChI=1S/C12H15FOS/c1-8-4-5-9(7-10(8)13)12(14)11-3-2-6-15-11/h4-5,7,11-12,14H,2-3,6H2,1H3. The van der Waals surface area contributed by atoms with E-state index in [4.69, 9.17) is 0 Å². The maximum atomic E-state index is 13.3. The molecule has 1 aromatic carbocycles. The summed E-state index contributed by atoms with van der Waals surface area (Å²) in [5, 5.41) is 10.3. The molecule has 0 amide bonds. The molecule has 1 fully saturated rings. The van der Waals surface area contributed by atoms with Crippen molar-refractivity contribution in [3.05, 3.63) is 35.1 Å². The molecule has 1 aliphatic heterocycles. The molecule has 3 heteroatoms. The first-order chi connectivity index (χ1) is 7.18. The lowest BCUT2D eigenvalue weighted by atomic mass is 10.0. The molecule has 82 valence electrons. The van der Waals surface area contributed by atoms with Crippen LogP contribution in [0.15, 0.2) is 18.2 Å². The summed E-state index contributed by atoms with van der Waals surface area (Å²) in [5.41, 5.74) is 1.34. The van der Waals surface area contributed by atoms with Crippen molar-refractivity contribution in [3.8, 4) is 0 Å². The largest absolute Gasteiger partial charge is 0.387 e. The summed E-state index contributed by atoms with van der Waals surface area (Å²) in [6.45, 7) is 1.73. The first-order valence-corrected chi connectivity index (χ1v) is 6.29. The lowest BCUT2D eigenvalue weighted by molar-refractivity contribution is 0.172. The van der Waals surface area contributed by atoms with Gasteiger partial charge in [0.2, 0.25) is 0 Å². The average Bonchev–Trinajstić information content (AvgIpc) is 2.74. The summed E-state index contributed by atoms with van der Waals surface area (Å²) in [5.74, 6) is 0.880. The van der Waals surface area contributed by atoms with Gasteiger partial charge in [0.1, 0.15) is 5.82 Å². The molecule has 2 unspecified atom stereocenters. The second-order valence-electron chi connectivity index (χ2n) is 4.00. The number of halogens is 1. The Hall–Kier alpha value is -0.540. The van der Waals surface area contributed by atoms with Gasteiger partial charge in [0.15, 0.2) is 0 Å². The molecule has 2 atom stereocenters. The van der Waals surface area contributed by atoms with Gasteiger partial charge in [0.05, 0.1) is 6.10 Å². The Balaban J connectivity index is 2.17. The van der Waals surface area contributed by atoms with Crippen LogP contribution in [0.3, 0.4) is 0 Å². The molecule has 0 aliphatic carbocycles. The summed E-state index contributed by atoms with van der Waals surface area (Å²) in [4.78, 5) is 0. The number of rotatable bonds is 2. The summed E-state index contributed by atoms with van der Waals surface area (Å²) in [6, 6.07) is 5.01. The minimum atomic E-state index is -0.521. The third-order valence-electron chi connectivity index (χ3n) is 2.85. The molecule has 0 aromatic heterocycles. The molecule has 1 nitrogen and oxygen atoms in total. The van der Waals surface area contributed by atoms with Gasteiger partial charge in [-0.3, -0.25) is 0 Å². The van der Waals surface area contributed by atoms with Gasteiger partial charge in [0.25, 0.3) is 0 Å². The summed E-state index contributed by atoms with van der Waals surface area (Å²) >= 11 is 1.78. The quantitative estimate of drug-likeness (QED) is 0.836. The Morgan fingerprint density at radius 3 is 2.93 bits per heavy atom. The van der Waals surface area contributed by atoms with Crippen molar-refractivity contribution in [1.29, 1.82) is 0 Å². The molecule has 15 heavy (non-hydrogen) atoms. The molecule has 0 radical (unpaired) electrons. The van der Waals surface area contributed by atoms with Crippen LogP contribution in [0.2, 0.25) is 0 Å². The molecular weight excluding hydrogens is 211 g/mol. The minimum absolute atomic E-state index is 0.227. The van der Waals surface area contributed by atoms with Crippen molar-refractivity contribution in [2.45, 2.75) is 31.1 Å². The van der Waals surface area contributed by atoms with Gasteiger partial charge in [-0.05, 0) is 42.7 Å². The smallest absolute Gasteiger partial charge is 0.126 e. The van der Waals surface area contributed by atoms with Crippen LogP contribution in [0.1, 0.15) is 30.1 Å². The molecule has 0 spiro atoms. The van der Waals surface area contributed by atoms with Gasteiger partial charge < -0.3 is 5.11 Å². The Labute approximate surface area is 93.7 Å². The number of aliphatic hydroxyl groups is 1. The van der Waals surface area contributed by atoms with E-state index in [1.54, 1.807) is 24.8 Å². The maximum Gasteiger partial charge on any atom is 0.126 e. The summed E-state index contributed by atoms with van der Waals surface area (Å²) in [7, 11) is 0.